The molecule has 2 fully saturated rings. The van der Waals surface area contributed by atoms with Crippen LogP contribution in [0.3, 0.4) is 0 Å². The van der Waals surface area contributed by atoms with Crippen LogP contribution in [0.4, 0.5) is 24.7 Å². The highest BCUT2D eigenvalue weighted by Gasteiger charge is 2.37. The number of anilines is 2. The summed E-state index contributed by atoms with van der Waals surface area (Å²) >= 11 is 0. The van der Waals surface area contributed by atoms with Crippen molar-refractivity contribution in [2.45, 2.75) is 24.9 Å². The van der Waals surface area contributed by atoms with Crippen molar-refractivity contribution in [3.8, 4) is 5.75 Å². The lowest BCUT2D eigenvalue weighted by atomic mass is 10.0. The SMILES string of the molecule is COc1cc(C(=O)N2CCOCC2)ccc1Nc1cc(C2CC2)c2c(C(F)(F)F)c[nH]c2n1. The van der Waals surface area contributed by atoms with Gasteiger partial charge in [0.15, 0.2) is 0 Å². The largest absolute Gasteiger partial charge is 0.495 e. The minimum atomic E-state index is -4.45. The van der Waals surface area contributed by atoms with Gasteiger partial charge in [-0.25, -0.2) is 4.98 Å². The number of amides is 1. The fraction of sp³-hybridized carbons (Fsp3) is 0.391. The average Bonchev–Trinajstić information content (AvgIpc) is 3.56. The maximum atomic E-state index is 13.5. The van der Waals surface area contributed by atoms with Crippen LogP contribution < -0.4 is 10.1 Å². The number of nitrogens with zero attached hydrogens (tertiary/aromatic N) is 2. The first kappa shape index (κ1) is 21.6. The van der Waals surface area contributed by atoms with Crippen LogP contribution in [0.1, 0.15) is 40.2 Å². The number of aromatic nitrogens is 2. The fourth-order valence-electron chi connectivity index (χ4n) is 4.18. The number of ether oxygens (including phenoxy) is 2. The van der Waals surface area contributed by atoms with Crippen LogP contribution in [0.5, 0.6) is 5.75 Å². The molecule has 5 rings (SSSR count). The molecular formula is C23H23F3N4O3. The average molecular weight is 460 g/mol. The van der Waals surface area contributed by atoms with E-state index in [1.54, 1.807) is 29.2 Å². The molecule has 1 saturated carbocycles. The molecule has 0 spiro atoms. The number of alkyl halides is 3. The normalized spacial score (nSPS) is 16.8. The molecule has 3 aromatic rings. The zero-order valence-electron chi connectivity index (χ0n) is 18.0. The number of pyridine rings is 1. The van der Waals surface area contributed by atoms with E-state index < -0.39 is 11.7 Å². The maximum Gasteiger partial charge on any atom is 0.418 e. The second-order valence-electron chi connectivity index (χ2n) is 8.24. The second-order valence-corrected chi connectivity index (χ2v) is 8.24. The van der Waals surface area contributed by atoms with Crippen molar-refractivity contribution in [1.29, 1.82) is 0 Å². The number of nitrogens with one attached hydrogen (secondary N) is 2. The Hall–Kier alpha value is -3.27. The van der Waals surface area contributed by atoms with E-state index in [9.17, 15) is 18.0 Å². The molecule has 10 heteroatoms. The summed E-state index contributed by atoms with van der Waals surface area (Å²) in [6.07, 6.45) is -1.78. The van der Waals surface area contributed by atoms with Crippen LogP contribution in [0.2, 0.25) is 0 Å². The molecule has 1 saturated heterocycles. The predicted molar refractivity (Wildman–Crippen MR) is 116 cm³/mol. The first-order valence-corrected chi connectivity index (χ1v) is 10.8. The highest BCUT2D eigenvalue weighted by atomic mass is 19.4. The zero-order chi connectivity index (χ0) is 23.2. The lowest BCUT2D eigenvalue weighted by Crippen LogP contribution is -2.40. The van der Waals surface area contributed by atoms with Gasteiger partial charge in [-0.05, 0) is 48.6 Å². The molecule has 7 nitrogen and oxygen atoms in total. The van der Waals surface area contributed by atoms with Gasteiger partial charge in [0.2, 0.25) is 0 Å². The summed E-state index contributed by atoms with van der Waals surface area (Å²) in [4.78, 5) is 21.5. The number of aromatic amines is 1. The van der Waals surface area contributed by atoms with Gasteiger partial charge in [-0.1, -0.05) is 0 Å². The summed E-state index contributed by atoms with van der Waals surface area (Å²) in [5.41, 5.74) is 1.18. The van der Waals surface area contributed by atoms with Crippen molar-refractivity contribution in [3.05, 3.63) is 47.2 Å². The fourth-order valence-corrected chi connectivity index (χ4v) is 4.18. The Morgan fingerprint density at radius 2 is 2.00 bits per heavy atom. The van der Waals surface area contributed by atoms with Crippen molar-refractivity contribution >= 4 is 28.4 Å². The van der Waals surface area contributed by atoms with E-state index in [2.05, 4.69) is 15.3 Å². The van der Waals surface area contributed by atoms with Gasteiger partial charge in [0, 0.05) is 30.2 Å². The number of benzene rings is 1. The van der Waals surface area contributed by atoms with Crippen LogP contribution >= 0.6 is 0 Å². The van der Waals surface area contributed by atoms with Crippen molar-refractivity contribution in [2.24, 2.45) is 0 Å². The van der Waals surface area contributed by atoms with Gasteiger partial charge in [0.25, 0.3) is 5.91 Å². The van der Waals surface area contributed by atoms with Gasteiger partial charge in [-0.15, -0.1) is 0 Å². The van der Waals surface area contributed by atoms with Crippen LogP contribution in [0.25, 0.3) is 11.0 Å². The molecule has 2 aliphatic rings. The summed E-state index contributed by atoms with van der Waals surface area (Å²) in [5, 5.41) is 3.28. The smallest absolute Gasteiger partial charge is 0.418 e. The second kappa shape index (κ2) is 8.26. The van der Waals surface area contributed by atoms with Gasteiger partial charge in [-0.3, -0.25) is 4.79 Å². The Bertz CT molecular complexity index is 1200. The molecule has 3 heterocycles. The Labute approximate surface area is 187 Å². The molecule has 2 N–H and O–H groups in total. The molecule has 1 amide bonds. The van der Waals surface area contributed by atoms with Crippen molar-refractivity contribution in [1.82, 2.24) is 14.9 Å². The highest BCUT2D eigenvalue weighted by molar-refractivity contribution is 5.95. The zero-order valence-corrected chi connectivity index (χ0v) is 18.0. The summed E-state index contributed by atoms with van der Waals surface area (Å²) in [6, 6.07) is 6.73. The quantitative estimate of drug-likeness (QED) is 0.578. The number of carbonyl (C=O) groups is 1. The Morgan fingerprint density at radius 1 is 1.24 bits per heavy atom. The molecule has 174 valence electrons. The third-order valence-electron chi connectivity index (χ3n) is 6.00. The van der Waals surface area contributed by atoms with Crippen molar-refractivity contribution in [2.75, 3.05) is 38.7 Å². The maximum absolute atomic E-state index is 13.5. The number of methoxy groups -OCH3 is 1. The summed E-state index contributed by atoms with van der Waals surface area (Å²) < 4.78 is 51.2. The van der Waals surface area contributed by atoms with Gasteiger partial charge in [-0.2, -0.15) is 13.2 Å². The molecule has 0 radical (unpaired) electrons. The number of hydrogen-bond acceptors (Lipinski definition) is 5. The third kappa shape index (κ3) is 4.22. The Morgan fingerprint density at radius 3 is 2.67 bits per heavy atom. The van der Waals surface area contributed by atoms with E-state index >= 15 is 0 Å². The van der Waals surface area contributed by atoms with Gasteiger partial charge >= 0.3 is 6.18 Å². The minimum absolute atomic E-state index is 0.0864. The van der Waals surface area contributed by atoms with Crippen molar-refractivity contribution < 1.29 is 27.4 Å². The molecule has 1 aromatic carbocycles. The summed E-state index contributed by atoms with van der Waals surface area (Å²) in [5.74, 6) is 0.824. The van der Waals surface area contributed by atoms with E-state index in [0.29, 0.717) is 54.7 Å². The molecule has 0 unspecified atom stereocenters. The first-order chi connectivity index (χ1) is 15.8. The lowest BCUT2D eigenvalue weighted by molar-refractivity contribution is -0.136. The number of carbonyl (C=O) groups excluding carboxylic acids is 1. The van der Waals surface area contributed by atoms with Crippen LogP contribution in [-0.4, -0.2) is 54.2 Å². The Balaban J connectivity index is 1.46. The number of fused-ring (bicyclic) bond motifs is 1. The van der Waals surface area contributed by atoms with Crippen LogP contribution in [-0.2, 0) is 10.9 Å². The van der Waals surface area contributed by atoms with E-state index in [4.69, 9.17) is 9.47 Å². The predicted octanol–water partition coefficient (Wildman–Crippen LogP) is 4.68. The van der Waals surface area contributed by atoms with Crippen LogP contribution in [0.15, 0.2) is 30.5 Å². The molecule has 1 aliphatic heterocycles. The van der Waals surface area contributed by atoms with Crippen molar-refractivity contribution in [3.63, 3.8) is 0 Å². The van der Waals surface area contributed by atoms with E-state index in [0.717, 1.165) is 19.0 Å². The first-order valence-electron chi connectivity index (χ1n) is 10.8. The van der Waals surface area contributed by atoms with E-state index in [-0.39, 0.29) is 22.9 Å². The molecule has 1 aliphatic carbocycles. The number of morpholine rings is 1. The van der Waals surface area contributed by atoms with Gasteiger partial charge < -0.3 is 24.7 Å². The van der Waals surface area contributed by atoms with Crippen LogP contribution in [0, 0.1) is 0 Å². The van der Waals surface area contributed by atoms with Gasteiger partial charge in [0.05, 0.1) is 31.6 Å². The third-order valence-corrected chi connectivity index (χ3v) is 6.00. The minimum Gasteiger partial charge on any atom is -0.495 e. The van der Waals surface area contributed by atoms with E-state index in [1.807, 2.05) is 0 Å². The Kier molecular flexibility index (Phi) is 5.40. The monoisotopic (exact) mass is 460 g/mol. The molecule has 0 bridgehead atoms. The molecular weight excluding hydrogens is 437 g/mol. The standard InChI is InChI=1S/C23H23F3N4O3/c1-32-18-10-14(22(31)30-6-8-33-9-7-30)4-5-17(18)28-19-11-15(13-2-3-13)20-16(23(24,25)26)12-27-21(20)29-19/h4-5,10-13H,2-3,6-9H2,1H3,(H2,27,28,29). The van der Waals surface area contributed by atoms with E-state index in [1.165, 1.54) is 7.11 Å². The lowest BCUT2D eigenvalue weighted by Gasteiger charge is -2.27. The number of rotatable bonds is 5. The molecule has 2 aromatic heterocycles. The number of hydrogen-bond donors (Lipinski definition) is 2. The summed E-state index contributed by atoms with van der Waals surface area (Å²) in [7, 11) is 1.50. The van der Waals surface area contributed by atoms with Gasteiger partial charge in [0.1, 0.15) is 17.2 Å². The number of halogens is 3. The molecule has 0 atom stereocenters. The topological polar surface area (TPSA) is 79.5 Å². The summed E-state index contributed by atoms with van der Waals surface area (Å²) in [6.45, 7) is 2.08. The highest BCUT2D eigenvalue weighted by Crippen LogP contribution is 2.47. The number of H-pyrrole nitrogens is 1. The molecule has 33 heavy (non-hydrogen) atoms.